The summed E-state index contributed by atoms with van der Waals surface area (Å²) in [5.74, 6) is 1.69. The lowest BCUT2D eigenvalue weighted by Crippen LogP contribution is -2.41. The summed E-state index contributed by atoms with van der Waals surface area (Å²) in [6, 6.07) is 11.9. The van der Waals surface area contributed by atoms with Gasteiger partial charge in [-0.1, -0.05) is 12.1 Å². The number of nitrogens with zero attached hydrogens (tertiary/aromatic N) is 2. The van der Waals surface area contributed by atoms with Gasteiger partial charge in [0.25, 0.3) is 5.91 Å². The number of amides is 1. The van der Waals surface area contributed by atoms with Crippen molar-refractivity contribution in [2.75, 3.05) is 26.7 Å². The van der Waals surface area contributed by atoms with Gasteiger partial charge in [-0.25, -0.2) is 0 Å². The summed E-state index contributed by atoms with van der Waals surface area (Å²) >= 11 is 0. The van der Waals surface area contributed by atoms with Gasteiger partial charge in [0.1, 0.15) is 5.75 Å². The number of benzene rings is 1. The normalized spacial score (nSPS) is 30.3. The predicted octanol–water partition coefficient (Wildman–Crippen LogP) is 2.50. The van der Waals surface area contributed by atoms with E-state index in [0.29, 0.717) is 23.9 Å². The van der Waals surface area contributed by atoms with Gasteiger partial charge in [-0.15, -0.1) is 0 Å². The van der Waals surface area contributed by atoms with E-state index < -0.39 is 0 Å². The van der Waals surface area contributed by atoms with Crippen molar-refractivity contribution in [2.24, 2.45) is 11.8 Å². The zero-order valence-electron chi connectivity index (χ0n) is 16.7. The maximum Gasteiger partial charge on any atom is 0.252 e. The average molecular weight is 393 g/mol. The molecule has 29 heavy (non-hydrogen) atoms. The van der Waals surface area contributed by atoms with Gasteiger partial charge in [-0.05, 0) is 42.7 Å². The number of carbonyl (C=O) groups excluding carboxylic acids is 1. The molecule has 1 spiro atoms. The van der Waals surface area contributed by atoms with Crippen molar-refractivity contribution in [1.82, 2.24) is 15.2 Å². The minimum absolute atomic E-state index is 0.0345. The van der Waals surface area contributed by atoms with E-state index in [1.807, 2.05) is 12.1 Å². The molecule has 2 bridgehead atoms. The van der Waals surface area contributed by atoms with Crippen LogP contribution in [0.25, 0.3) is 0 Å². The van der Waals surface area contributed by atoms with Crippen molar-refractivity contribution in [1.29, 1.82) is 0 Å². The number of methoxy groups -OCH3 is 1. The molecule has 1 aromatic heterocycles. The fourth-order valence-electron chi connectivity index (χ4n) is 5.52. The van der Waals surface area contributed by atoms with E-state index in [1.165, 1.54) is 5.56 Å². The van der Waals surface area contributed by atoms with Crippen LogP contribution in [-0.4, -0.2) is 54.2 Å². The van der Waals surface area contributed by atoms with Crippen molar-refractivity contribution in [3.05, 3.63) is 59.9 Å². The lowest BCUT2D eigenvalue weighted by atomic mass is 9.73. The van der Waals surface area contributed by atoms with Gasteiger partial charge in [0.2, 0.25) is 0 Å². The third-order valence-corrected chi connectivity index (χ3v) is 6.82. The van der Waals surface area contributed by atoms with Gasteiger partial charge in [-0.3, -0.25) is 14.7 Å². The Morgan fingerprint density at radius 1 is 1.38 bits per heavy atom. The Labute approximate surface area is 171 Å². The van der Waals surface area contributed by atoms with Crippen molar-refractivity contribution < 1.29 is 14.3 Å². The first-order valence-electron chi connectivity index (χ1n) is 10.4. The van der Waals surface area contributed by atoms with E-state index in [2.05, 4.69) is 27.3 Å². The molecular formula is C23H27N3O3. The number of nitrogens with one attached hydrogen (secondary N) is 1. The topological polar surface area (TPSA) is 63.7 Å². The largest absolute Gasteiger partial charge is 0.497 e. The van der Waals surface area contributed by atoms with Crippen molar-refractivity contribution >= 4 is 5.91 Å². The van der Waals surface area contributed by atoms with Gasteiger partial charge in [-0.2, -0.15) is 0 Å². The van der Waals surface area contributed by atoms with E-state index >= 15 is 0 Å². The highest BCUT2D eigenvalue weighted by molar-refractivity contribution is 5.93. The van der Waals surface area contributed by atoms with Gasteiger partial charge < -0.3 is 14.8 Å². The van der Waals surface area contributed by atoms with Crippen LogP contribution in [0, 0.1) is 11.8 Å². The number of ether oxygens (including phenoxy) is 2. The summed E-state index contributed by atoms with van der Waals surface area (Å²) in [6.07, 6.45) is 5.79. The molecule has 1 amide bonds. The Kier molecular flexibility index (Phi) is 4.76. The highest BCUT2D eigenvalue weighted by Crippen LogP contribution is 2.54. The molecule has 0 saturated carbocycles. The van der Waals surface area contributed by atoms with Crippen LogP contribution in [0.5, 0.6) is 5.75 Å². The third-order valence-electron chi connectivity index (χ3n) is 6.82. The standard InChI is InChI=1S/C23H27N3O3/c1-28-18-6-2-4-16(10-18)13-26-14-20-19(21-7-8-23(20,15-26)29-21)12-25-22(27)17-5-3-9-24-11-17/h2-6,9-11,19-21H,7-8,12-15H2,1H3,(H,25,27)/t19-,20+,21+,23+/m0/s1. The highest BCUT2D eigenvalue weighted by atomic mass is 16.5. The number of hydrogen-bond donors (Lipinski definition) is 1. The van der Waals surface area contributed by atoms with Crippen LogP contribution < -0.4 is 10.1 Å². The lowest BCUT2D eigenvalue weighted by Gasteiger charge is -2.29. The number of aromatic nitrogens is 1. The zero-order valence-corrected chi connectivity index (χ0v) is 16.7. The molecule has 3 aliphatic heterocycles. The summed E-state index contributed by atoms with van der Waals surface area (Å²) in [5, 5.41) is 3.12. The number of likely N-dealkylation sites (tertiary alicyclic amines) is 1. The smallest absolute Gasteiger partial charge is 0.252 e. The van der Waals surface area contributed by atoms with Crippen LogP contribution in [0.15, 0.2) is 48.8 Å². The first-order valence-corrected chi connectivity index (χ1v) is 10.4. The van der Waals surface area contributed by atoms with E-state index in [4.69, 9.17) is 9.47 Å². The minimum atomic E-state index is -0.0545. The van der Waals surface area contributed by atoms with Gasteiger partial charge in [0.15, 0.2) is 0 Å². The summed E-state index contributed by atoms with van der Waals surface area (Å²) in [4.78, 5) is 19.0. The van der Waals surface area contributed by atoms with E-state index in [-0.39, 0.29) is 17.6 Å². The number of carbonyl (C=O) groups is 1. The van der Waals surface area contributed by atoms with E-state index in [1.54, 1.807) is 31.6 Å². The molecular weight excluding hydrogens is 366 g/mol. The molecule has 3 fully saturated rings. The molecule has 3 saturated heterocycles. The highest BCUT2D eigenvalue weighted by Gasteiger charge is 2.62. The molecule has 4 heterocycles. The second-order valence-corrected chi connectivity index (χ2v) is 8.50. The second kappa shape index (κ2) is 7.43. The maximum atomic E-state index is 12.4. The summed E-state index contributed by atoms with van der Waals surface area (Å²) < 4.78 is 11.9. The SMILES string of the molecule is COc1cccc(CN2C[C@@H]3[C@H](CNC(=O)c4cccnc4)[C@H]4CC[C@]3(C2)O4)c1. The molecule has 6 heteroatoms. The number of hydrogen-bond acceptors (Lipinski definition) is 5. The fraction of sp³-hybridized carbons (Fsp3) is 0.478. The average Bonchev–Trinajstić information content (AvgIpc) is 3.41. The minimum Gasteiger partial charge on any atom is -0.497 e. The van der Waals surface area contributed by atoms with Crippen LogP contribution >= 0.6 is 0 Å². The first kappa shape index (κ1) is 18.6. The summed E-state index contributed by atoms with van der Waals surface area (Å²) in [6.45, 7) is 3.55. The van der Waals surface area contributed by atoms with Crippen LogP contribution in [0.1, 0.15) is 28.8 Å². The lowest BCUT2D eigenvalue weighted by molar-refractivity contribution is 0.00212. The first-order chi connectivity index (χ1) is 14.2. The van der Waals surface area contributed by atoms with Crippen molar-refractivity contribution in [3.8, 4) is 5.75 Å². The van der Waals surface area contributed by atoms with Gasteiger partial charge >= 0.3 is 0 Å². The molecule has 0 unspecified atom stereocenters. The number of pyridine rings is 1. The molecule has 1 N–H and O–H groups in total. The van der Waals surface area contributed by atoms with E-state index in [0.717, 1.165) is 38.2 Å². The number of rotatable bonds is 6. The van der Waals surface area contributed by atoms with Crippen molar-refractivity contribution in [2.45, 2.75) is 31.1 Å². The Morgan fingerprint density at radius 3 is 3.14 bits per heavy atom. The third kappa shape index (κ3) is 3.40. The Morgan fingerprint density at radius 2 is 2.31 bits per heavy atom. The van der Waals surface area contributed by atoms with Crippen molar-refractivity contribution in [3.63, 3.8) is 0 Å². The molecule has 1 aromatic carbocycles. The molecule has 2 aromatic rings. The Balaban J connectivity index is 1.24. The zero-order chi connectivity index (χ0) is 19.8. The molecule has 0 radical (unpaired) electrons. The quantitative estimate of drug-likeness (QED) is 0.817. The number of fused-ring (bicyclic) bond motifs is 1. The molecule has 6 nitrogen and oxygen atoms in total. The van der Waals surface area contributed by atoms with Gasteiger partial charge in [0, 0.05) is 50.4 Å². The monoisotopic (exact) mass is 393 g/mol. The second-order valence-electron chi connectivity index (χ2n) is 8.50. The van der Waals surface area contributed by atoms with Crippen LogP contribution in [0.4, 0.5) is 0 Å². The fourth-order valence-corrected chi connectivity index (χ4v) is 5.52. The Bertz CT molecular complexity index is 890. The molecule has 4 atom stereocenters. The van der Waals surface area contributed by atoms with Gasteiger partial charge in [0.05, 0.1) is 24.4 Å². The Hall–Kier alpha value is -2.44. The van der Waals surface area contributed by atoms with Crippen LogP contribution in [0.3, 0.4) is 0 Å². The molecule has 152 valence electrons. The summed E-state index contributed by atoms with van der Waals surface area (Å²) in [5.41, 5.74) is 1.84. The molecule has 3 aliphatic rings. The van der Waals surface area contributed by atoms with Crippen LogP contribution in [0.2, 0.25) is 0 Å². The predicted molar refractivity (Wildman–Crippen MR) is 109 cm³/mol. The molecule has 5 rings (SSSR count). The maximum absolute atomic E-state index is 12.4. The van der Waals surface area contributed by atoms with E-state index in [9.17, 15) is 4.79 Å². The molecule has 0 aliphatic carbocycles. The summed E-state index contributed by atoms with van der Waals surface area (Å²) in [7, 11) is 1.70. The van der Waals surface area contributed by atoms with Crippen LogP contribution in [-0.2, 0) is 11.3 Å².